The van der Waals surface area contributed by atoms with Gasteiger partial charge in [0.05, 0.1) is 16.3 Å². The highest BCUT2D eigenvalue weighted by molar-refractivity contribution is 6.46. The lowest BCUT2D eigenvalue weighted by Crippen LogP contribution is -2.57. The zero-order chi connectivity index (χ0) is 27.4. The number of nitro groups is 1. The number of para-hydroxylation sites is 3. The van der Waals surface area contributed by atoms with E-state index >= 15 is 0 Å². The number of urea groups is 1. The Labute approximate surface area is 223 Å². The molecule has 9 heteroatoms. The summed E-state index contributed by atoms with van der Waals surface area (Å²) in [7, 11) is 0. The average molecular weight is 520 g/mol. The standard InChI is InChI=1S/C30H21N3O6/c34-28-26(19-22-9-7-8-14-27(22)39-20-21-15-17-25(18-16-21)33(37)38)29(35)32(24-12-5-2-6-13-24)30(36)31(28)23-10-3-1-4-11-23/h1-19H,20H2. The van der Waals surface area contributed by atoms with Crippen molar-refractivity contribution in [2.24, 2.45) is 0 Å². The van der Waals surface area contributed by atoms with Crippen molar-refractivity contribution in [1.29, 1.82) is 0 Å². The van der Waals surface area contributed by atoms with Crippen LogP contribution in [-0.2, 0) is 16.2 Å². The summed E-state index contributed by atoms with van der Waals surface area (Å²) in [5, 5.41) is 10.9. The average Bonchev–Trinajstić information content (AvgIpc) is 2.96. The lowest BCUT2D eigenvalue weighted by Gasteiger charge is -2.34. The highest BCUT2D eigenvalue weighted by atomic mass is 16.6. The fourth-order valence-corrected chi connectivity index (χ4v) is 4.10. The number of rotatable bonds is 7. The number of hydrogen-bond acceptors (Lipinski definition) is 6. The van der Waals surface area contributed by atoms with Gasteiger partial charge in [-0.2, -0.15) is 0 Å². The highest BCUT2D eigenvalue weighted by Crippen LogP contribution is 2.31. The number of nitrogens with zero attached hydrogens (tertiary/aromatic N) is 3. The van der Waals surface area contributed by atoms with Crippen molar-refractivity contribution in [1.82, 2.24) is 0 Å². The number of ether oxygens (including phenoxy) is 1. The fourth-order valence-electron chi connectivity index (χ4n) is 4.10. The Bertz CT molecular complexity index is 1520. The van der Waals surface area contributed by atoms with E-state index in [-0.39, 0.29) is 17.9 Å². The first kappa shape index (κ1) is 25.1. The molecule has 9 nitrogen and oxygen atoms in total. The molecule has 1 fully saturated rings. The van der Waals surface area contributed by atoms with E-state index in [1.807, 2.05) is 0 Å². The van der Waals surface area contributed by atoms with Gasteiger partial charge in [0.15, 0.2) is 0 Å². The van der Waals surface area contributed by atoms with Gasteiger partial charge in [0.1, 0.15) is 17.9 Å². The molecule has 0 saturated carbocycles. The van der Waals surface area contributed by atoms with Crippen molar-refractivity contribution in [3.63, 3.8) is 0 Å². The van der Waals surface area contributed by atoms with Crippen LogP contribution in [0.3, 0.4) is 0 Å². The first-order chi connectivity index (χ1) is 18.9. The minimum Gasteiger partial charge on any atom is -0.488 e. The second kappa shape index (κ2) is 10.8. The van der Waals surface area contributed by atoms with E-state index in [1.165, 1.54) is 18.2 Å². The maximum Gasteiger partial charge on any atom is 0.343 e. The first-order valence-electron chi connectivity index (χ1n) is 11.9. The Hall–Kier alpha value is -5.57. The summed E-state index contributed by atoms with van der Waals surface area (Å²) >= 11 is 0. The second-order valence-electron chi connectivity index (χ2n) is 8.54. The molecule has 1 heterocycles. The molecular formula is C30H21N3O6. The molecule has 192 valence electrons. The summed E-state index contributed by atoms with van der Waals surface area (Å²) in [4.78, 5) is 53.0. The van der Waals surface area contributed by atoms with Gasteiger partial charge >= 0.3 is 6.03 Å². The van der Waals surface area contributed by atoms with Crippen LogP contribution >= 0.6 is 0 Å². The third-order valence-corrected chi connectivity index (χ3v) is 6.04. The van der Waals surface area contributed by atoms with Crippen LogP contribution in [-0.4, -0.2) is 22.8 Å². The third-order valence-electron chi connectivity index (χ3n) is 6.04. The van der Waals surface area contributed by atoms with Crippen molar-refractivity contribution in [2.75, 3.05) is 9.80 Å². The molecule has 1 aliphatic rings. The predicted molar refractivity (Wildman–Crippen MR) is 145 cm³/mol. The molecule has 0 spiro atoms. The summed E-state index contributed by atoms with van der Waals surface area (Å²) in [5.41, 5.74) is 1.56. The fraction of sp³-hybridized carbons (Fsp3) is 0.0333. The number of carbonyl (C=O) groups excluding carboxylic acids is 3. The maximum absolute atomic E-state index is 13.6. The Kier molecular flexibility index (Phi) is 6.96. The van der Waals surface area contributed by atoms with Crippen molar-refractivity contribution in [3.05, 3.63) is 136 Å². The number of non-ortho nitro benzene ring substituents is 1. The third kappa shape index (κ3) is 5.14. The summed E-state index contributed by atoms with van der Waals surface area (Å²) in [5.74, 6) is -1.12. The van der Waals surface area contributed by atoms with E-state index in [4.69, 9.17) is 4.74 Å². The van der Waals surface area contributed by atoms with Gasteiger partial charge < -0.3 is 4.74 Å². The number of barbiturate groups is 1. The Morgan fingerprint density at radius 1 is 0.692 bits per heavy atom. The van der Waals surface area contributed by atoms with Crippen LogP contribution in [0.4, 0.5) is 21.9 Å². The van der Waals surface area contributed by atoms with Crippen LogP contribution in [0, 0.1) is 10.1 Å². The van der Waals surface area contributed by atoms with Gasteiger partial charge in [0.2, 0.25) is 0 Å². The monoisotopic (exact) mass is 519 g/mol. The molecule has 1 aliphatic heterocycles. The Balaban J connectivity index is 1.51. The molecule has 0 atom stereocenters. The van der Waals surface area contributed by atoms with Crippen molar-refractivity contribution in [3.8, 4) is 5.75 Å². The van der Waals surface area contributed by atoms with E-state index in [1.54, 1.807) is 97.1 Å². The molecular weight excluding hydrogens is 498 g/mol. The van der Waals surface area contributed by atoms with E-state index in [0.29, 0.717) is 28.3 Å². The minimum absolute atomic E-state index is 0.0290. The maximum atomic E-state index is 13.6. The predicted octanol–water partition coefficient (Wildman–Crippen LogP) is 5.76. The van der Waals surface area contributed by atoms with Gasteiger partial charge in [0.25, 0.3) is 17.5 Å². The molecule has 5 rings (SSSR count). The lowest BCUT2D eigenvalue weighted by atomic mass is 10.0. The number of nitro benzene ring substituents is 1. The number of carbonyl (C=O) groups is 3. The van der Waals surface area contributed by atoms with Crippen LogP contribution in [0.25, 0.3) is 6.08 Å². The topological polar surface area (TPSA) is 110 Å². The van der Waals surface area contributed by atoms with Gasteiger partial charge in [0, 0.05) is 17.7 Å². The van der Waals surface area contributed by atoms with E-state index < -0.39 is 22.8 Å². The number of imide groups is 2. The van der Waals surface area contributed by atoms with Gasteiger partial charge in [-0.25, -0.2) is 14.6 Å². The van der Waals surface area contributed by atoms with Gasteiger partial charge in [-0.15, -0.1) is 0 Å². The van der Waals surface area contributed by atoms with Crippen LogP contribution in [0.5, 0.6) is 5.75 Å². The SMILES string of the molecule is O=C1C(=Cc2ccccc2OCc2ccc([N+](=O)[O-])cc2)C(=O)N(c2ccccc2)C(=O)N1c1ccccc1. The largest absolute Gasteiger partial charge is 0.488 e. The molecule has 0 aromatic heterocycles. The van der Waals surface area contributed by atoms with Crippen LogP contribution in [0.15, 0.2) is 115 Å². The Morgan fingerprint density at radius 2 is 1.21 bits per heavy atom. The minimum atomic E-state index is -0.776. The summed E-state index contributed by atoms with van der Waals surface area (Å²) in [6.45, 7) is 0.102. The molecule has 0 unspecified atom stereocenters. The molecule has 39 heavy (non-hydrogen) atoms. The van der Waals surface area contributed by atoms with E-state index in [0.717, 1.165) is 9.80 Å². The zero-order valence-corrected chi connectivity index (χ0v) is 20.5. The first-order valence-corrected chi connectivity index (χ1v) is 11.9. The molecule has 4 aromatic rings. The van der Waals surface area contributed by atoms with Gasteiger partial charge in [-0.1, -0.05) is 54.6 Å². The zero-order valence-electron chi connectivity index (χ0n) is 20.5. The molecule has 4 amide bonds. The molecule has 4 aromatic carbocycles. The van der Waals surface area contributed by atoms with Gasteiger partial charge in [-0.05, 0) is 54.1 Å². The number of hydrogen-bond donors (Lipinski definition) is 0. The molecule has 0 bridgehead atoms. The van der Waals surface area contributed by atoms with Crippen LogP contribution in [0.2, 0.25) is 0 Å². The molecule has 1 saturated heterocycles. The molecule has 0 radical (unpaired) electrons. The quantitative estimate of drug-likeness (QED) is 0.133. The molecule has 0 N–H and O–H groups in total. The highest BCUT2D eigenvalue weighted by Gasteiger charge is 2.43. The van der Waals surface area contributed by atoms with E-state index in [9.17, 15) is 24.5 Å². The smallest absolute Gasteiger partial charge is 0.343 e. The van der Waals surface area contributed by atoms with Crippen LogP contribution < -0.4 is 14.5 Å². The summed E-state index contributed by atoms with van der Waals surface area (Å²) < 4.78 is 5.95. The number of amides is 4. The normalized spacial score (nSPS) is 13.4. The van der Waals surface area contributed by atoms with E-state index in [2.05, 4.69) is 0 Å². The van der Waals surface area contributed by atoms with Crippen LogP contribution in [0.1, 0.15) is 11.1 Å². The molecule has 0 aliphatic carbocycles. The van der Waals surface area contributed by atoms with Crippen molar-refractivity contribution >= 4 is 41.0 Å². The van der Waals surface area contributed by atoms with Crippen molar-refractivity contribution in [2.45, 2.75) is 6.61 Å². The van der Waals surface area contributed by atoms with Gasteiger partial charge in [-0.3, -0.25) is 19.7 Å². The summed E-state index contributed by atoms with van der Waals surface area (Å²) in [6, 6.07) is 28.8. The number of anilines is 2. The van der Waals surface area contributed by atoms with Crippen molar-refractivity contribution < 1.29 is 24.0 Å². The number of benzene rings is 4. The Morgan fingerprint density at radius 3 is 1.74 bits per heavy atom. The second-order valence-corrected chi connectivity index (χ2v) is 8.54. The lowest BCUT2D eigenvalue weighted by molar-refractivity contribution is -0.384. The summed E-state index contributed by atoms with van der Waals surface area (Å²) in [6.07, 6.45) is 1.41.